The Morgan fingerprint density at radius 3 is 2.41 bits per heavy atom. The number of benzene rings is 2. The van der Waals surface area contributed by atoms with Crippen molar-refractivity contribution in [3.8, 4) is 0 Å². The first-order valence-corrected chi connectivity index (χ1v) is 12.6. The van der Waals surface area contributed by atoms with Gasteiger partial charge in [-0.3, -0.25) is 4.79 Å². The molecule has 1 fully saturated rings. The lowest BCUT2D eigenvalue weighted by Crippen LogP contribution is -2.41. The Balaban J connectivity index is 1.48. The molecule has 1 aromatic heterocycles. The number of carbonyl (C=O) groups is 2. The maximum absolute atomic E-state index is 13.0. The fraction of sp³-hybridized carbons (Fsp3) is 0.273. The van der Waals surface area contributed by atoms with Crippen molar-refractivity contribution in [3.63, 3.8) is 0 Å². The molecular formula is C22H21ClN2O5S2. The van der Waals surface area contributed by atoms with Crippen molar-refractivity contribution < 1.29 is 22.7 Å². The monoisotopic (exact) mass is 492 g/mol. The molecule has 168 valence electrons. The molecule has 0 spiro atoms. The molecule has 2 heterocycles. The van der Waals surface area contributed by atoms with Crippen molar-refractivity contribution in [2.24, 2.45) is 5.92 Å². The molecule has 0 aliphatic carbocycles. The molecule has 1 amide bonds. The van der Waals surface area contributed by atoms with Crippen LogP contribution in [0.25, 0.3) is 10.1 Å². The van der Waals surface area contributed by atoms with Gasteiger partial charge in [-0.25, -0.2) is 13.2 Å². The minimum Gasteiger partial charge on any atom is -0.465 e. The second-order valence-corrected chi connectivity index (χ2v) is 10.8. The number of esters is 1. The van der Waals surface area contributed by atoms with Crippen LogP contribution in [-0.4, -0.2) is 44.8 Å². The SMILES string of the molecule is COC(=O)c1sc2ccccc2c1NC(=O)C1CCN(S(=O)(=O)c2ccc(Cl)cc2)CC1. The molecule has 0 radical (unpaired) electrons. The van der Waals surface area contributed by atoms with Gasteiger partial charge in [0.2, 0.25) is 15.9 Å². The second-order valence-electron chi connectivity index (χ2n) is 7.42. The molecule has 10 heteroatoms. The number of piperidine rings is 1. The minimum atomic E-state index is -3.64. The Hall–Kier alpha value is -2.46. The van der Waals surface area contributed by atoms with Crippen molar-refractivity contribution >= 4 is 60.6 Å². The number of thiophene rings is 1. The first kappa shape index (κ1) is 22.7. The summed E-state index contributed by atoms with van der Waals surface area (Å²) in [4.78, 5) is 25.7. The van der Waals surface area contributed by atoms with Crippen LogP contribution in [0.2, 0.25) is 5.02 Å². The number of fused-ring (bicyclic) bond motifs is 1. The van der Waals surface area contributed by atoms with E-state index in [1.165, 1.54) is 34.9 Å². The number of nitrogens with one attached hydrogen (secondary N) is 1. The van der Waals surface area contributed by atoms with Crippen LogP contribution in [0.1, 0.15) is 22.5 Å². The molecule has 32 heavy (non-hydrogen) atoms. The summed E-state index contributed by atoms with van der Waals surface area (Å²) in [7, 11) is -2.34. The molecular weight excluding hydrogens is 472 g/mol. The summed E-state index contributed by atoms with van der Waals surface area (Å²) < 4.78 is 32.9. The third kappa shape index (κ3) is 4.38. The first-order valence-electron chi connectivity index (χ1n) is 9.97. The molecule has 1 N–H and O–H groups in total. The average molecular weight is 493 g/mol. The van der Waals surface area contributed by atoms with Crippen LogP contribution >= 0.6 is 22.9 Å². The van der Waals surface area contributed by atoms with Crippen molar-refractivity contribution in [2.45, 2.75) is 17.7 Å². The zero-order chi connectivity index (χ0) is 22.9. The van der Waals surface area contributed by atoms with Gasteiger partial charge in [0.15, 0.2) is 0 Å². The van der Waals surface area contributed by atoms with Crippen LogP contribution in [0.5, 0.6) is 0 Å². The molecule has 0 unspecified atom stereocenters. The lowest BCUT2D eigenvalue weighted by molar-refractivity contribution is -0.120. The van der Waals surface area contributed by atoms with E-state index < -0.39 is 16.0 Å². The van der Waals surface area contributed by atoms with E-state index in [1.807, 2.05) is 24.3 Å². The number of sulfonamides is 1. The first-order chi connectivity index (χ1) is 15.3. The topological polar surface area (TPSA) is 92.8 Å². The highest BCUT2D eigenvalue weighted by molar-refractivity contribution is 7.89. The van der Waals surface area contributed by atoms with Crippen LogP contribution in [0, 0.1) is 5.92 Å². The summed E-state index contributed by atoms with van der Waals surface area (Å²) in [6, 6.07) is 13.5. The fourth-order valence-corrected chi connectivity index (χ4v) is 6.42. The zero-order valence-corrected chi connectivity index (χ0v) is 19.6. The van der Waals surface area contributed by atoms with Gasteiger partial charge in [-0.1, -0.05) is 29.8 Å². The smallest absolute Gasteiger partial charge is 0.350 e. The van der Waals surface area contributed by atoms with Crippen LogP contribution in [0.4, 0.5) is 5.69 Å². The largest absolute Gasteiger partial charge is 0.465 e. The number of hydrogen-bond acceptors (Lipinski definition) is 6. The zero-order valence-electron chi connectivity index (χ0n) is 17.2. The summed E-state index contributed by atoms with van der Waals surface area (Å²) in [6.07, 6.45) is 0.766. The van der Waals surface area contributed by atoms with Gasteiger partial charge in [0.25, 0.3) is 0 Å². The number of halogens is 1. The fourth-order valence-electron chi connectivity index (χ4n) is 3.75. The number of amides is 1. The summed E-state index contributed by atoms with van der Waals surface area (Å²) >= 11 is 7.12. The number of rotatable bonds is 5. The third-order valence-corrected chi connectivity index (χ3v) is 8.81. The van der Waals surface area contributed by atoms with Gasteiger partial charge in [-0.15, -0.1) is 11.3 Å². The van der Waals surface area contributed by atoms with Gasteiger partial charge in [-0.05, 0) is 43.2 Å². The summed E-state index contributed by atoms with van der Waals surface area (Å²) in [5, 5.41) is 4.13. The van der Waals surface area contributed by atoms with E-state index in [9.17, 15) is 18.0 Å². The average Bonchev–Trinajstić information content (AvgIpc) is 3.17. The predicted octanol–water partition coefficient (Wildman–Crippen LogP) is 4.38. The molecule has 4 rings (SSSR count). The number of anilines is 1. The third-order valence-electron chi connectivity index (χ3n) is 5.49. The van der Waals surface area contributed by atoms with Crippen LogP contribution in [-0.2, 0) is 19.6 Å². The van der Waals surface area contributed by atoms with Gasteiger partial charge < -0.3 is 10.1 Å². The van der Waals surface area contributed by atoms with E-state index in [1.54, 1.807) is 12.1 Å². The van der Waals surface area contributed by atoms with Gasteiger partial charge >= 0.3 is 5.97 Å². The van der Waals surface area contributed by atoms with Crippen LogP contribution < -0.4 is 5.32 Å². The molecule has 1 saturated heterocycles. The molecule has 2 aromatic carbocycles. The number of hydrogen-bond donors (Lipinski definition) is 1. The molecule has 7 nitrogen and oxygen atoms in total. The van der Waals surface area contributed by atoms with Gasteiger partial charge in [0.1, 0.15) is 4.88 Å². The lowest BCUT2D eigenvalue weighted by atomic mass is 9.97. The van der Waals surface area contributed by atoms with Crippen molar-refractivity contribution in [1.29, 1.82) is 0 Å². The Bertz CT molecular complexity index is 1260. The maximum atomic E-state index is 13.0. The Labute approximate surface area is 195 Å². The quantitative estimate of drug-likeness (QED) is 0.533. The highest BCUT2D eigenvalue weighted by Crippen LogP contribution is 2.37. The van der Waals surface area contributed by atoms with E-state index in [0.717, 1.165) is 10.1 Å². The number of carbonyl (C=O) groups excluding carboxylic acids is 2. The lowest BCUT2D eigenvalue weighted by Gasteiger charge is -2.30. The number of ether oxygens (including phenoxy) is 1. The summed E-state index contributed by atoms with van der Waals surface area (Å²) in [5.74, 6) is -1.11. The van der Waals surface area contributed by atoms with E-state index in [0.29, 0.717) is 28.4 Å². The van der Waals surface area contributed by atoms with Crippen LogP contribution in [0.15, 0.2) is 53.4 Å². The van der Waals surface area contributed by atoms with Crippen LogP contribution in [0.3, 0.4) is 0 Å². The van der Waals surface area contributed by atoms with Gasteiger partial charge in [0.05, 0.1) is 17.7 Å². The predicted molar refractivity (Wildman–Crippen MR) is 125 cm³/mol. The maximum Gasteiger partial charge on any atom is 0.350 e. The molecule has 1 aliphatic rings. The second kappa shape index (κ2) is 9.19. The number of methoxy groups -OCH3 is 1. The number of nitrogens with zero attached hydrogens (tertiary/aromatic N) is 1. The molecule has 3 aromatic rings. The van der Waals surface area contributed by atoms with Crippen molar-refractivity contribution in [1.82, 2.24) is 4.31 Å². The molecule has 0 atom stereocenters. The Kier molecular flexibility index (Phi) is 6.52. The minimum absolute atomic E-state index is 0.178. The highest BCUT2D eigenvalue weighted by Gasteiger charge is 2.33. The standard InChI is InChI=1S/C22H21ClN2O5S2/c1-30-22(27)20-19(17-4-2-3-5-18(17)31-20)24-21(26)14-10-12-25(13-11-14)32(28,29)16-8-6-15(23)7-9-16/h2-9,14H,10-13H2,1H3,(H,24,26). The van der Waals surface area contributed by atoms with E-state index in [4.69, 9.17) is 16.3 Å². The Morgan fingerprint density at radius 1 is 1.09 bits per heavy atom. The van der Waals surface area contributed by atoms with Gasteiger partial charge in [0, 0.05) is 34.1 Å². The van der Waals surface area contributed by atoms with Gasteiger partial charge in [-0.2, -0.15) is 4.31 Å². The Morgan fingerprint density at radius 2 is 1.75 bits per heavy atom. The highest BCUT2D eigenvalue weighted by atomic mass is 35.5. The summed E-state index contributed by atoms with van der Waals surface area (Å²) in [5.41, 5.74) is 0.443. The summed E-state index contributed by atoms with van der Waals surface area (Å²) in [6.45, 7) is 0.467. The van der Waals surface area contributed by atoms with Crippen molar-refractivity contribution in [2.75, 3.05) is 25.5 Å². The van der Waals surface area contributed by atoms with Crippen molar-refractivity contribution in [3.05, 3.63) is 58.4 Å². The van der Waals surface area contributed by atoms with E-state index in [-0.39, 0.29) is 29.8 Å². The van der Waals surface area contributed by atoms with E-state index in [2.05, 4.69) is 5.32 Å². The molecule has 0 bridgehead atoms. The normalized spacial score (nSPS) is 15.6. The van der Waals surface area contributed by atoms with E-state index >= 15 is 0 Å². The molecule has 0 saturated carbocycles. The molecule has 1 aliphatic heterocycles.